The van der Waals surface area contributed by atoms with E-state index in [1.165, 1.54) is 17.0 Å². The SMILES string of the molecule is CCCNC(=O)[C@H](Cc1ccccc1)N(Cc1ccccc1)C(=O)CN(c1ccc(OCC)cc1)S(=O)(=O)c1ccc(Br)cc1. The lowest BCUT2D eigenvalue weighted by atomic mass is 10.0. The molecule has 8 nitrogen and oxygen atoms in total. The Morgan fingerprint density at radius 3 is 2.00 bits per heavy atom. The maximum atomic E-state index is 14.5. The Balaban J connectivity index is 1.78. The molecule has 236 valence electrons. The van der Waals surface area contributed by atoms with Gasteiger partial charge in [0.05, 0.1) is 17.2 Å². The van der Waals surface area contributed by atoms with E-state index < -0.39 is 28.5 Å². The molecule has 1 atom stereocenters. The summed E-state index contributed by atoms with van der Waals surface area (Å²) >= 11 is 3.36. The van der Waals surface area contributed by atoms with E-state index in [0.29, 0.717) is 24.6 Å². The molecule has 0 aliphatic carbocycles. The van der Waals surface area contributed by atoms with Gasteiger partial charge in [0.25, 0.3) is 10.0 Å². The fraction of sp³-hybridized carbons (Fsp3) is 0.257. The largest absolute Gasteiger partial charge is 0.494 e. The van der Waals surface area contributed by atoms with Crippen molar-refractivity contribution in [2.75, 3.05) is 24.0 Å². The first-order valence-corrected chi connectivity index (χ1v) is 17.1. The molecular weight excluding hydrogens is 654 g/mol. The van der Waals surface area contributed by atoms with Crippen LogP contribution in [0.25, 0.3) is 0 Å². The van der Waals surface area contributed by atoms with Crippen molar-refractivity contribution in [1.29, 1.82) is 0 Å². The number of rotatable bonds is 15. The second-order valence-electron chi connectivity index (χ2n) is 10.4. The molecule has 0 aliphatic heterocycles. The average molecular weight is 693 g/mol. The van der Waals surface area contributed by atoms with E-state index in [1.54, 1.807) is 36.4 Å². The molecule has 0 saturated carbocycles. The van der Waals surface area contributed by atoms with Crippen LogP contribution in [0.15, 0.2) is 119 Å². The zero-order chi connectivity index (χ0) is 32.2. The number of carbonyl (C=O) groups is 2. The summed E-state index contributed by atoms with van der Waals surface area (Å²) in [5.74, 6) is -0.232. The van der Waals surface area contributed by atoms with Crippen LogP contribution >= 0.6 is 15.9 Å². The number of hydrogen-bond donors (Lipinski definition) is 1. The highest BCUT2D eigenvalue weighted by molar-refractivity contribution is 9.10. The number of nitrogens with zero attached hydrogens (tertiary/aromatic N) is 2. The highest BCUT2D eigenvalue weighted by atomic mass is 79.9. The maximum Gasteiger partial charge on any atom is 0.264 e. The third-order valence-electron chi connectivity index (χ3n) is 7.13. The number of anilines is 1. The standard InChI is InChI=1S/C35H38BrN3O5S/c1-3-23-37-35(41)33(24-27-11-7-5-8-12-27)38(25-28-13-9-6-10-14-28)34(40)26-39(30-17-19-31(20-18-30)44-4-2)45(42,43)32-21-15-29(36)16-22-32/h5-22,33H,3-4,23-26H2,1-2H3,(H,37,41)/t33-/m0/s1. The van der Waals surface area contributed by atoms with Crippen molar-refractivity contribution in [3.05, 3.63) is 125 Å². The molecule has 0 aromatic heterocycles. The van der Waals surface area contributed by atoms with Crippen molar-refractivity contribution in [3.63, 3.8) is 0 Å². The molecule has 0 bridgehead atoms. The minimum absolute atomic E-state index is 0.0310. The molecule has 0 unspecified atom stereocenters. The fourth-order valence-corrected chi connectivity index (χ4v) is 6.52. The average Bonchev–Trinajstić information content (AvgIpc) is 3.05. The third-order valence-corrected chi connectivity index (χ3v) is 9.45. The zero-order valence-electron chi connectivity index (χ0n) is 25.4. The number of nitrogens with one attached hydrogen (secondary N) is 1. The van der Waals surface area contributed by atoms with E-state index in [-0.39, 0.29) is 23.8 Å². The Bertz CT molecular complexity index is 1630. The molecule has 0 spiro atoms. The quantitative estimate of drug-likeness (QED) is 0.160. The summed E-state index contributed by atoms with van der Waals surface area (Å²) in [4.78, 5) is 29.7. The first-order chi connectivity index (χ1) is 21.7. The highest BCUT2D eigenvalue weighted by Crippen LogP contribution is 2.28. The summed E-state index contributed by atoms with van der Waals surface area (Å²) in [5.41, 5.74) is 1.99. The molecule has 1 N–H and O–H groups in total. The smallest absolute Gasteiger partial charge is 0.264 e. The fourth-order valence-electron chi connectivity index (χ4n) is 4.84. The Kier molecular flexibility index (Phi) is 12.2. The number of amides is 2. The van der Waals surface area contributed by atoms with E-state index in [2.05, 4.69) is 21.2 Å². The van der Waals surface area contributed by atoms with E-state index >= 15 is 0 Å². The molecule has 0 radical (unpaired) electrons. The number of sulfonamides is 1. The van der Waals surface area contributed by atoms with Crippen molar-refractivity contribution in [3.8, 4) is 5.75 Å². The minimum atomic E-state index is -4.19. The van der Waals surface area contributed by atoms with Crippen LogP contribution in [0.1, 0.15) is 31.4 Å². The number of ether oxygens (including phenoxy) is 1. The van der Waals surface area contributed by atoms with Gasteiger partial charge in [-0.3, -0.25) is 13.9 Å². The lowest BCUT2D eigenvalue weighted by Gasteiger charge is -2.34. The summed E-state index contributed by atoms with van der Waals surface area (Å²) in [7, 11) is -4.19. The van der Waals surface area contributed by atoms with Crippen LogP contribution in [0.4, 0.5) is 5.69 Å². The highest BCUT2D eigenvalue weighted by Gasteiger charge is 2.34. The second kappa shape index (κ2) is 16.2. The third kappa shape index (κ3) is 9.18. The Labute approximate surface area is 274 Å². The predicted molar refractivity (Wildman–Crippen MR) is 181 cm³/mol. The van der Waals surface area contributed by atoms with Gasteiger partial charge in [-0.15, -0.1) is 0 Å². The molecular formula is C35H38BrN3O5S. The van der Waals surface area contributed by atoms with Gasteiger partial charge in [-0.05, 0) is 73.0 Å². The first-order valence-electron chi connectivity index (χ1n) is 14.9. The number of carbonyl (C=O) groups excluding carboxylic acids is 2. The summed E-state index contributed by atoms with van der Waals surface area (Å²) in [6, 6.07) is 30.8. The van der Waals surface area contributed by atoms with E-state index in [1.807, 2.05) is 74.5 Å². The van der Waals surface area contributed by atoms with Gasteiger partial charge < -0.3 is 15.0 Å². The molecule has 45 heavy (non-hydrogen) atoms. The van der Waals surface area contributed by atoms with Crippen LogP contribution in [0.3, 0.4) is 0 Å². The summed E-state index contributed by atoms with van der Waals surface area (Å²) < 4.78 is 35.7. The van der Waals surface area contributed by atoms with Gasteiger partial charge in [0.15, 0.2) is 0 Å². The molecule has 0 aliphatic rings. The maximum absolute atomic E-state index is 14.5. The van der Waals surface area contributed by atoms with Gasteiger partial charge in [-0.1, -0.05) is 83.5 Å². The van der Waals surface area contributed by atoms with Gasteiger partial charge in [0.1, 0.15) is 18.3 Å². The van der Waals surface area contributed by atoms with Crippen LogP contribution in [0.2, 0.25) is 0 Å². The molecule has 0 heterocycles. The summed E-state index contributed by atoms with van der Waals surface area (Å²) in [6.45, 7) is 4.32. The predicted octanol–water partition coefficient (Wildman–Crippen LogP) is 6.21. The van der Waals surface area contributed by atoms with Gasteiger partial charge in [-0.2, -0.15) is 0 Å². The first kappa shape index (κ1) is 33.7. The van der Waals surface area contributed by atoms with Crippen LogP contribution in [0.5, 0.6) is 5.75 Å². The molecule has 4 aromatic carbocycles. The van der Waals surface area contributed by atoms with Gasteiger partial charge in [-0.25, -0.2) is 8.42 Å². The monoisotopic (exact) mass is 691 g/mol. The topological polar surface area (TPSA) is 96.0 Å². The second-order valence-corrected chi connectivity index (χ2v) is 13.2. The van der Waals surface area contributed by atoms with E-state index in [0.717, 1.165) is 26.3 Å². The van der Waals surface area contributed by atoms with Crippen LogP contribution in [-0.2, 0) is 32.6 Å². The van der Waals surface area contributed by atoms with Crippen LogP contribution in [-0.4, -0.2) is 50.9 Å². The van der Waals surface area contributed by atoms with Crippen LogP contribution in [0, 0.1) is 0 Å². The van der Waals surface area contributed by atoms with Crippen LogP contribution < -0.4 is 14.4 Å². The van der Waals surface area contributed by atoms with Gasteiger partial charge in [0, 0.05) is 24.0 Å². The van der Waals surface area contributed by atoms with Crippen molar-refractivity contribution in [1.82, 2.24) is 10.2 Å². The minimum Gasteiger partial charge on any atom is -0.494 e. The molecule has 0 fully saturated rings. The molecule has 4 aromatic rings. The van der Waals surface area contributed by atoms with Crippen molar-refractivity contribution < 1.29 is 22.7 Å². The summed E-state index contributed by atoms with van der Waals surface area (Å²) in [5, 5.41) is 2.96. The molecule has 10 heteroatoms. The summed E-state index contributed by atoms with van der Waals surface area (Å²) in [6.07, 6.45) is 0.991. The number of halogens is 1. The number of benzene rings is 4. The Hall–Kier alpha value is -4.15. The van der Waals surface area contributed by atoms with E-state index in [4.69, 9.17) is 4.74 Å². The molecule has 2 amide bonds. The van der Waals surface area contributed by atoms with Gasteiger partial charge >= 0.3 is 0 Å². The van der Waals surface area contributed by atoms with Crippen molar-refractivity contribution >= 4 is 43.5 Å². The van der Waals surface area contributed by atoms with Crippen molar-refractivity contribution in [2.45, 2.75) is 44.2 Å². The Morgan fingerprint density at radius 1 is 0.822 bits per heavy atom. The zero-order valence-corrected chi connectivity index (χ0v) is 27.8. The Morgan fingerprint density at radius 2 is 1.42 bits per heavy atom. The molecule has 0 saturated heterocycles. The number of hydrogen-bond acceptors (Lipinski definition) is 5. The van der Waals surface area contributed by atoms with Gasteiger partial charge in [0.2, 0.25) is 11.8 Å². The van der Waals surface area contributed by atoms with Crippen molar-refractivity contribution in [2.24, 2.45) is 0 Å². The van der Waals surface area contributed by atoms with E-state index in [9.17, 15) is 18.0 Å². The normalized spacial score (nSPS) is 11.8. The molecule has 4 rings (SSSR count). The lowest BCUT2D eigenvalue weighted by Crippen LogP contribution is -2.53. The lowest BCUT2D eigenvalue weighted by molar-refractivity contribution is -0.140.